The molecule has 0 spiro atoms. The van der Waals surface area contributed by atoms with Crippen molar-refractivity contribution in [3.05, 3.63) is 66.7 Å². The maximum Gasteiger partial charge on any atom is 0.242 e. The molecule has 3 aromatic rings. The van der Waals surface area contributed by atoms with Gasteiger partial charge in [-0.2, -0.15) is 0 Å². The number of amides is 1. The first kappa shape index (κ1) is 19.4. The summed E-state index contributed by atoms with van der Waals surface area (Å²) in [6.07, 6.45) is 0. The fourth-order valence-electron chi connectivity index (χ4n) is 2.55. The first-order chi connectivity index (χ1) is 12.9. The van der Waals surface area contributed by atoms with Crippen LogP contribution in [0.25, 0.3) is 10.8 Å². The lowest BCUT2D eigenvalue weighted by molar-refractivity contribution is -0.113. The van der Waals surface area contributed by atoms with E-state index < -0.39 is 10.0 Å². The summed E-state index contributed by atoms with van der Waals surface area (Å²) in [5.41, 5.74) is 0.460. The van der Waals surface area contributed by atoms with Crippen LogP contribution in [0.5, 0.6) is 0 Å². The largest absolute Gasteiger partial charge is 0.325 e. The zero-order valence-electron chi connectivity index (χ0n) is 15.0. The Bertz CT molecular complexity index is 1080. The molecule has 1 N–H and O–H groups in total. The van der Waals surface area contributed by atoms with Gasteiger partial charge in [-0.1, -0.05) is 36.4 Å². The first-order valence-corrected chi connectivity index (χ1v) is 10.7. The van der Waals surface area contributed by atoms with Gasteiger partial charge in [-0.15, -0.1) is 11.8 Å². The maximum absolute atomic E-state index is 12.3. The van der Waals surface area contributed by atoms with E-state index in [-0.39, 0.29) is 16.6 Å². The van der Waals surface area contributed by atoms with Crippen LogP contribution in [-0.4, -0.2) is 38.5 Å². The number of carbonyl (C=O) groups excluding carboxylic acids is 1. The van der Waals surface area contributed by atoms with E-state index in [1.165, 1.54) is 38.0 Å². The number of thioether (sulfide) groups is 1. The van der Waals surface area contributed by atoms with Crippen LogP contribution >= 0.6 is 11.8 Å². The first-order valence-electron chi connectivity index (χ1n) is 8.30. The van der Waals surface area contributed by atoms with E-state index in [1.807, 2.05) is 36.4 Å². The van der Waals surface area contributed by atoms with Gasteiger partial charge in [0.2, 0.25) is 15.9 Å². The third-order valence-corrected chi connectivity index (χ3v) is 6.79. The summed E-state index contributed by atoms with van der Waals surface area (Å²) in [6.45, 7) is 0. The van der Waals surface area contributed by atoms with E-state index in [1.54, 1.807) is 12.1 Å². The number of fused-ring (bicyclic) bond motifs is 1. The van der Waals surface area contributed by atoms with Crippen molar-refractivity contribution in [1.82, 2.24) is 4.31 Å². The molecule has 5 nitrogen and oxygen atoms in total. The Kier molecular flexibility index (Phi) is 5.84. The van der Waals surface area contributed by atoms with Crippen LogP contribution in [0.3, 0.4) is 0 Å². The van der Waals surface area contributed by atoms with E-state index >= 15 is 0 Å². The molecule has 7 heteroatoms. The summed E-state index contributed by atoms with van der Waals surface area (Å²) in [5, 5.41) is 5.04. The molecule has 3 aromatic carbocycles. The number of nitrogens with one attached hydrogen (secondary N) is 1. The molecule has 27 heavy (non-hydrogen) atoms. The summed E-state index contributed by atoms with van der Waals surface area (Å²) in [6, 6.07) is 20.4. The van der Waals surface area contributed by atoms with Gasteiger partial charge >= 0.3 is 0 Å². The second kappa shape index (κ2) is 8.12. The molecule has 1 amide bonds. The van der Waals surface area contributed by atoms with Gasteiger partial charge in [-0.3, -0.25) is 4.79 Å². The Hall–Kier alpha value is -2.35. The standard InChI is InChI=1S/C20H20N2O3S2/c1-22(2)27(24,25)19-9-5-8-17(13-19)21-20(23)14-26-18-11-10-15-6-3-4-7-16(15)12-18/h3-13H,14H2,1-2H3,(H,21,23). The highest BCUT2D eigenvalue weighted by Gasteiger charge is 2.17. The Morgan fingerprint density at radius 2 is 1.70 bits per heavy atom. The van der Waals surface area contributed by atoms with Crippen molar-refractivity contribution in [2.45, 2.75) is 9.79 Å². The van der Waals surface area contributed by atoms with E-state index in [9.17, 15) is 13.2 Å². The van der Waals surface area contributed by atoms with Crippen LogP contribution < -0.4 is 5.32 Å². The Balaban J connectivity index is 1.65. The minimum atomic E-state index is -3.53. The van der Waals surface area contributed by atoms with Crippen LogP contribution in [0.2, 0.25) is 0 Å². The monoisotopic (exact) mass is 400 g/mol. The van der Waals surface area contributed by atoms with Gasteiger partial charge in [0, 0.05) is 24.7 Å². The van der Waals surface area contributed by atoms with Crippen molar-refractivity contribution in [2.75, 3.05) is 25.2 Å². The minimum absolute atomic E-state index is 0.146. The topological polar surface area (TPSA) is 66.5 Å². The molecular weight excluding hydrogens is 380 g/mol. The average molecular weight is 401 g/mol. The quantitative estimate of drug-likeness (QED) is 0.639. The number of benzene rings is 3. The summed E-state index contributed by atoms with van der Waals surface area (Å²) >= 11 is 1.44. The van der Waals surface area contributed by atoms with Crippen molar-refractivity contribution >= 4 is 44.2 Å². The molecule has 0 aliphatic heterocycles. The van der Waals surface area contributed by atoms with Crippen molar-refractivity contribution < 1.29 is 13.2 Å². The summed E-state index contributed by atoms with van der Waals surface area (Å²) < 4.78 is 25.5. The molecule has 0 saturated carbocycles. The molecule has 0 atom stereocenters. The van der Waals surface area contributed by atoms with Crippen molar-refractivity contribution in [2.24, 2.45) is 0 Å². The lowest BCUT2D eigenvalue weighted by Gasteiger charge is -2.12. The van der Waals surface area contributed by atoms with Gasteiger partial charge in [0.25, 0.3) is 0 Å². The van der Waals surface area contributed by atoms with Gasteiger partial charge in [0.1, 0.15) is 0 Å². The lowest BCUT2D eigenvalue weighted by atomic mass is 10.1. The molecule has 0 aliphatic rings. The van der Waals surface area contributed by atoms with Crippen LogP contribution in [0.4, 0.5) is 5.69 Å². The Morgan fingerprint density at radius 3 is 2.44 bits per heavy atom. The van der Waals surface area contributed by atoms with Gasteiger partial charge in [0.05, 0.1) is 10.6 Å². The molecule has 3 rings (SSSR count). The highest BCUT2D eigenvalue weighted by atomic mass is 32.2. The second-order valence-corrected chi connectivity index (χ2v) is 9.36. The molecular formula is C20H20N2O3S2. The van der Waals surface area contributed by atoms with E-state index in [4.69, 9.17) is 0 Å². The predicted octanol–water partition coefficient (Wildman–Crippen LogP) is 3.82. The van der Waals surface area contributed by atoms with Crippen molar-refractivity contribution in [1.29, 1.82) is 0 Å². The third kappa shape index (κ3) is 4.68. The fourth-order valence-corrected chi connectivity index (χ4v) is 4.24. The number of anilines is 1. The van der Waals surface area contributed by atoms with Crippen LogP contribution in [0, 0.1) is 0 Å². The summed E-state index contributed by atoms with van der Waals surface area (Å²) in [5.74, 6) is 0.0516. The fraction of sp³-hybridized carbons (Fsp3) is 0.150. The SMILES string of the molecule is CN(C)S(=O)(=O)c1cccc(NC(=O)CSc2ccc3ccccc3c2)c1. The Labute approximate surface area is 163 Å². The zero-order chi connectivity index (χ0) is 19.4. The summed E-state index contributed by atoms with van der Waals surface area (Å²) in [4.78, 5) is 13.4. The molecule has 0 heterocycles. The normalized spacial score (nSPS) is 11.7. The van der Waals surface area contributed by atoms with Gasteiger partial charge in [-0.05, 0) is 41.1 Å². The van der Waals surface area contributed by atoms with Crippen LogP contribution in [-0.2, 0) is 14.8 Å². The molecule has 0 radical (unpaired) electrons. The molecule has 0 bridgehead atoms. The van der Waals surface area contributed by atoms with Gasteiger partial charge in [-0.25, -0.2) is 12.7 Å². The summed E-state index contributed by atoms with van der Waals surface area (Å²) in [7, 11) is -0.588. The average Bonchev–Trinajstić information content (AvgIpc) is 2.66. The number of nitrogens with zero attached hydrogens (tertiary/aromatic N) is 1. The number of carbonyl (C=O) groups is 1. The third-order valence-electron chi connectivity index (χ3n) is 3.99. The minimum Gasteiger partial charge on any atom is -0.325 e. The van der Waals surface area contributed by atoms with Gasteiger partial charge < -0.3 is 5.32 Å². The molecule has 0 unspecified atom stereocenters. The molecule has 0 aliphatic carbocycles. The molecule has 0 saturated heterocycles. The maximum atomic E-state index is 12.3. The Morgan fingerprint density at radius 1 is 0.963 bits per heavy atom. The van der Waals surface area contributed by atoms with Crippen LogP contribution in [0.15, 0.2) is 76.5 Å². The highest BCUT2D eigenvalue weighted by molar-refractivity contribution is 8.00. The predicted molar refractivity (Wildman–Crippen MR) is 111 cm³/mol. The molecule has 140 valence electrons. The van der Waals surface area contributed by atoms with E-state index in [2.05, 4.69) is 11.4 Å². The smallest absolute Gasteiger partial charge is 0.242 e. The van der Waals surface area contributed by atoms with Crippen molar-refractivity contribution in [3.63, 3.8) is 0 Å². The van der Waals surface area contributed by atoms with Gasteiger partial charge in [0.15, 0.2) is 0 Å². The molecule has 0 aromatic heterocycles. The molecule has 0 fully saturated rings. The van der Waals surface area contributed by atoms with Crippen molar-refractivity contribution in [3.8, 4) is 0 Å². The lowest BCUT2D eigenvalue weighted by Crippen LogP contribution is -2.22. The number of hydrogen-bond acceptors (Lipinski definition) is 4. The number of rotatable bonds is 6. The number of hydrogen-bond donors (Lipinski definition) is 1. The van der Waals surface area contributed by atoms with E-state index in [0.717, 1.165) is 20.0 Å². The number of sulfonamides is 1. The highest BCUT2D eigenvalue weighted by Crippen LogP contribution is 2.24. The van der Waals surface area contributed by atoms with E-state index in [0.29, 0.717) is 5.69 Å². The van der Waals surface area contributed by atoms with Crippen LogP contribution in [0.1, 0.15) is 0 Å². The second-order valence-electron chi connectivity index (χ2n) is 6.16. The zero-order valence-corrected chi connectivity index (χ0v) is 16.7.